The van der Waals surface area contributed by atoms with Crippen molar-refractivity contribution < 1.29 is 27.1 Å². The number of benzene rings is 3. The number of carbonyl (C=O) groups is 2. The van der Waals surface area contributed by atoms with Gasteiger partial charge in [0, 0.05) is 16.6 Å². The van der Waals surface area contributed by atoms with Crippen molar-refractivity contribution in [3.8, 4) is 11.3 Å². The van der Waals surface area contributed by atoms with Gasteiger partial charge in [-0.3, -0.25) is 4.79 Å². The molecule has 0 spiro atoms. The van der Waals surface area contributed by atoms with Gasteiger partial charge in [0.05, 0.1) is 21.7 Å². The number of rotatable bonds is 6. The van der Waals surface area contributed by atoms with Gasteiger partial charge in [-0.05, 0) is 61.5 Å². The van der Waals surface area contributed by atoms with Crippen molar-refractivity contribution in [2.45, 2.75) is 17.9 Å². The Morgan fingerprint density at radius 2 is 1.71 bits per heavy atom. The molecule has 35 heavy (non-hydrogen) atoms. The van der Waals surface area contributed by atoms with E-state index in [1.165, 1.54) is 49.4 Å². The lowest BCUT2D eigenvalue weighted by atomic mass is 10.0. The van der Waals surface area contributed by atoms with E-state index in [9.17, 15) is 22.4 Å². The maximum atomic E-state index is 13.4. The second kappa shape index (κ2) is 9.61. The van der Waals surface area contributed by atoms with Gasteiger partial charge < -0.3 is 10.1 Å². The predicted molar refractivity (Wildman–Crippen MR) is 128 cm³/mol. The Labute approximate surface area is 200 Å². The van der Waals surface area contributed by atoms with Gasteiger partial charge in [-0.1, -0.05) is 24.3 Å². The number of amides is 1. The molecule has 0 saturated carbocycles. The van der Waals surface area contributed by atoms with Crippen molar-refractivity contribution in [2.24, 2.45) is 5.14 Å². The van der Waals surface area contributed by atoms with Crippen LogP contribution in [-0.4, -0.2) is 31.4 Å². The molecule has 1 aromatic heterocycles. The third-order valence-corrected chi connectivity index (χ3v) is 6.07. The number of primary sulfonamides is 1. The van der Waals surface area contributed by atoms with E-state index in [1.807, 2.05) is 0 Å². The minimum absolute atomic E-state index is 0.170. The topological polar surface area (TPSA) is 128 Å². The number of hydrogen-bond donors (Lipinski definition) is 2. The summed E-state index contributed by atoms with van der Waals surface area (Å²) in [6.07, 6.45) is -1.21. The quantitative estimate of drug-likeness (QED) is 0.393. The van der Waals surface area contributed by atoms with Crippen molar-refractivity contribution in [3.63, 3.8) is 0 Å². The fourth-order valence-corrected chi connectivity index (χ4v) is 3.94. The number of anilines is 1. The normalized spacial score (nSPS) is 12.2. The molecule has 4 rings (SSSR count). The number of nitrogens with zero attached hydrogens (tertiary/aromatic N) is 1. The van der Waals surface area contributed by atoms with Crippen LogP contribution < -0.4 is 10.5 Å². The first-order valence-electron chi connectivity index (χ1n) is 10.4. The van der Waals surface area contributed by atoms with Crippen molar-refractivity contribution in [2.75, 3.05) is 5.32 Å². The van der Waals surface area contributed by atoms with E-state index in [2.05, 4.69) is 10.3 Å². The zero-order valence-electron chi connectivity index (χ0n) is 18.4. The summed E-state index contributed by atoms with van der Waals surface area (Å²) in [5.41, 5.74) is 1.93. The maximum Gasteiger partial charge on any atom is 0.339 e. The van der Waals surface area contributed by atoms with Crippen LogP contribution >= 0.6 is 0 Å². The van der Waals surface area contributed by atoms with E-state index in [-0.39, 0.29) is 16.1 Å². The molecule has 10 heteroatoms. The van der Waals surface area contributed by atoms with E-state index in [0.717, 1.165) is 0 Å². The molecule has 1 amide bonds. The van der Waals surface area contributed by atoms with Crippen LogP contribution in [0.5, 0.6) is 0 Å². The van der Waals surface area contributed by atoms with Gasteiger partial charge in [0.1, 0.15) is 5.82 Å². The number of pyridine rings is 1. The van der Waals surface area contributed by atoms with Gasteiger partial charge in [0.25, 0.3) is 5.91 Å². The third-order valence-electron chi connectivity index (χ3n) is 5.16. The number of ether oxygens (including phenoxy) is 1. The van der Waals surface area contributed by atoms with E-state index >= 15 is 0 Å². The Hall–Kier alpha value is -4.15. The molecule has 8 nitrogen and oxygen atoms in total. The van der Waals surface area contributed by atoms with Crippen molar-refractivity contribution in [1.82, 2.24) is 4.98 Å². The lowest BCUT2D eigenvalue weighted by molar-refractivity contribution is -0.123. The maximum absolute atomic E-state index is 13.4. The van der Waals surface area contributed by atoms with Crippen molar-refractivity contribution in [3.05, 3.63) is 90.2 Å². The number of para-hydroxylation sites is 1. The number of carbonyl (C=O) groups excluding carboxylic acids is 2. The highest BCUT2D eigenvalue weighted by Crippen LogP contribution is 2.26. The average Bonchev–Trinajstić information content (AvgIpc) is 2.83. The smallest absolute Gasteiger partial charge is 0.339 e. The van der Waals surface area contributed by atoms with Crippen LogP contribution in [-0.2, 0) is 19.6 Å². The van der Waals surface area contributed by atoms with Crippen LogP contribution in [0.3, 0.4) is 0 Å². The van der Waals surface area contributed by atoms with Crippen LogP contribution in [0.15, 0.2) is 83.8 Å². The van der Waals surface area contributed by atoms with Gasteiger partial charge in [-0.15, -0.1) is 0 Å². The first-order valence-corrected chi connectivity index (χ1v) is 12.0. The zero-order chi connectivity index (χ0) is 25.2. The fraction of sp³-hybridized carbons (Fsp3) is 0.0800. The molecular formula is C25H20FN3O5S. The van der Waals surface area contributed by atoms with Crippen LogP contribution in [0.25, 0.3) is 22.2 Å². The number of aromatic nitrogens is 1. The summed E-state index contributed by atoms with van der Waals surface area (Å²) in [6.45, 7) is 1.39. The van der Waals surface area contributed by atoms with Crippen molar-refractivity contribution in [1.29, 1.82) is 0 Å². The molecule has 0 bridgehead atoms. The highest BCUT2D eigenvalue weighted by molar-refractivity contribution is 7.89. The molecule has 1 heterocycles. The second-order valence-corrected chi connectivity index (χ2v) is 9.25. The molecule has 0 saturated heterocycles. The third kappa shape index (κ3) is 5.51. The van der Waals surface area contributed by atoms with E-state index < -0.39 is 33.8 Å². The Bertz CT molecular complexity index is 1540. The zero-order valence-corrected chi connectivity index (χ0v) is 19.3. The number of esters is 1. The van der Waals surface area contributed by atoms with Crippen LogP contribution in [0, 0.1) is 5.82 Å². The second-order valence-electron chi connectivity index (χ2n) is 7.69. The Morgan fingerprint density at radius 3 is 2.43 bits per heavy atom. The highest BCUT2D eigenvalue weighted by Gasteiger charge is 2.22. The summed E-state index contributed by atoms with van der Waals surface area (Å²) in [5.74, 6) is -1.82. The molecule has 0 radical (unpaired) electrons. The van der Waals surface area contributed by atoms with E-state index in [0.29, 0.717) is 22.2 Å². The summed E-state index contributed by atoms with van der Waals surface area (Å²) in [7, 11) is -3.95. The number of nitrogens with two attached hydrogens (primary N) is 1. The SMILES string of the molecule is CC(OC(=O)c1cc(-c2ccc(F)cc2)nc2ccccc12)C(=O)Nc1cccc(S(N)(=O)=O)c1. The number of sulfonamides is 1. The van der Waals surface area contributed by atoms with E-state index in [4.69, 9.17) is 9.88 Å². The van der Waals surface area contributed by atoms with Gasteiger partial charge >= 0.3 is 5.97 Å². The average molecular weight is 494 g/mol. The molecule has 0 aliphatic rings. The van der Waals surface area contributed by atoms with Gasteiger partial charge in [0.2, 0.25) is 10.0 Å². The number of hydrogen-bond acceptors (Lipinski definition) is 6. The summed E-state index contributed by atoms with van der Waals surface area (Å²) >= 11 is 0. The van der Waals surface area contributed by atoms with Crippen molar-refractivity contribution >= 4 is 38.5 Å². The van der Waals surface area contributed by atoms with Gasteiger partial charge in [-0.25, -0.2) is 27.7 Å². The fourth-order valence-electron chi connectivity index (χ4n) is 3.39. The van der Waals surface area contributed by atoms with Crippen LogP contribution in [0.4, 0.5) is 10.1 Å². The van der Waals surface area contributed by atoms with E-state index in [1.54, 1.807) is 36.4 Å². The lowest BCUT2D eigenvalue weighted by Crippen LogP contribution is -2.30. The summed E-state index contributed by atoms with van der Waals surface area (Å²) in [5, 5.41) is 8.15. The number of fused-ring (bicyclic) bond motifs is 1. The highest BCUT2D eigenvalue weighted by atomic mass is 32.2. The number of nitrogens with one attached hydrogen (secondary N) is 1. The molecular weight excluding hydrogens is 473 g/mol. The molecule has 3 N–H and O–H groups in total. The van der Waals surface area contributed by atoms with Gasteiger partial charge in [0.15, 0.2) is 6.10 Å². The van der Waals surface area contributed by atoms with Crippen LogP contribution in [0.1, 0.15) is 17.3 Å². The molecule has 3 aromatic carbocycles. The van der Waals surface area contributed by atoms with Gasteiger partial charge in [-0.2, -0.15) is 0 Å². The summed E-state index contributed by atoms with van der Waals surface area (Å²) < 4.78 is 41.8. The molecule has 4 aromatic rings. The lowest BCUT2D eigenvalue weighted by Gasteiger charge is -2.15. The Balaban J connectivity index is 1.58. The number of halogens is 1. The van der Waals surface area contributed by atoms with Crippen LogP contribution in [0.2, 0.25) is 0 Å². The molecule has 1 atom stereocenters. The predicted octanol–water partition coefficient (Wildman–Crippen LogP) is 3.87. The minimum atomic E-state index is -3.95. The first-order chi connectivity index (χ1) is 16.6. The monoisotopic (exact) mass is 493 g/mol. The molecule has 1 unspecified atom stereocenters. The minimum Gasteiger partial charge on any atom is -0.449 e. The molecule has 0 fully saturated rings. The molecule has 0 aliphatic carbocycles. The summed E-state index contributed by atoms with van der Waals surface area (Å²) in [6, 6.07) is 19.6. The largest absolute Gasteiger partial charge is 0.449 e. The molecule has 0 aliphatic heterocycles. The Morgan fingerprint density at radius 1 is 1.00 bits per heavy atom. The summed E-state index contributed by atoms with van der Waals surface area (Å²) in [4.78, 5) is 30.0. The molecule has 178 valence electrons. The first kappa shape index (κ1) is 24.0. The standard InChI is InChI=1S/C25H20FN3O5S/c1-15(24(30)28-18-5-4-6-19(13-18)35(27,32)33)34-25(31)21-14-23(16-9-11-17(26)12-10-16)29-22-8-3-2-7-20(21)22/h2-15H,1H3,(H,28,30)(H2,27,32,33). The Kier molecular flexibility index (Phi) is 6.59.